The first-order valence-electron chi connectivity index (χ1n) is 19.2. The van der Waals surface area contributed by atoms with E-state index in [-0.39, 0.29) is 79.7 Å². The van der Waals surface area contributed by atoms with E-state index in [0.717, 1.165) is 62.5 Å². The summed E-state index contributed by atoms with van der Waals surface area (Å²) in [5.41, 5.74) is 1.42. The Morgan fingerprint density at radius 3 is 2.06 bits per heavy atom. The second kappa shape index (κ2) is 19.8. The standard InChI is InChI=1S/C40H55N5O8/c1-7-11-16-28-23-26(5)24-29(17-12-8-2)35(28)52-39(48)34-31(25-41)38(45-37(34)42-36(43-45)30-18-14-13-15-27(30)6)53-40(49)44(21-19-32(46)50-9-3)22-20-33(47)51-10-4/h13-15,18,26,28-29,35H,7-12,16-17,19-24H2,1-6H3,(H,42,43). The topological polar surface area (TPSA) is 165 Å². The fourth-order valence-electron chi connectivity index (χ4n) is 7.35. The highest BCUT2D eigenvalue weighted by Crippen LogP contribution is 2.41. The molecule has 1 N–H and O–H groups in total. The quantitative estimate of drug-likeness (QED) is 0.101. The first-order valence-corrected chi connectivity index (χ1v) is 19.2. The number of hydrogen-bond acceptors (Lipinski definition) is 10. The molecule has 1 amide bonds. The molecule has 13 heteroatoms. The molecule has 1 aliphatic carbocycles. The number of aromatic amines is 1. The number of nitriles is 1. The number of nitrogens with one attached hydrogen (secondary N) is 1. The van der Waals surface area contributed by atoms with Crippen molar-refractivity contribution in [2.45, 2.75) is 112 Å². The fourth-order valence-corrected chi connectivity index (χ4v) is 7.35. The summed E-state index contributed by atoms with van der Waals surface area (Å²) >= 11 is 0. The Morgan fingerprint density at radius 1 is 0.943 bits per heavy atom. The van der Waals surface area contributed by atoms with Crippen LogP contribution >= 0.6 is 0 Å². The molecule has 0 spiro atoms. The highest BCUT2D eigenvalue weighted by Gasteiger charge is 2.40. The number of fused-ring (bicyclic) bond motifs is 1. The van der Waals surface area contributed by atoms with Crippen LogP contribution in [0, 0.1) is 36.0 Å². The maximum Gasteiger partial charge on any atom is 0.416 e. The number of esters is 3. The lowest BCUT2D eigenvalue weighted by Gasteiger charge is -2.40. The molecule has 2 atom stereocenters. The molecule has 1 aromatic carbocycles. The van der Waals surface area contributed by atoms with Gasteiger partial charge in [0.1, 0.15) is 23.3 Å². The summed E-state index contributed by atoms with van der Waals surface area (Å²) in [6, 6.07) is 9.63. The first kappa shape index (κ1) is 40.9. The highest BCUT2D eigenvalue weighted by molar-refractivity contribution is 6.01. The van der Waals surface area contributed by atoms with Crippen LogP contribution < -0.4 is 4.74 Å². The van der Waals surface area contributed by atoms with Gasteiger partial charge in [-0.2, -0.15) is 5.26 Å². The molecule has 0 aliphatic heterocycles. The van der Waals surface area contributed by atoms with Crippen molar-refractivity contribution in [2.75, 3.05) is 26.3 Å². The van der Waals surface area contributed by atoms with E-state index in [1.54, 1.807) is 13.8 Å². The van der Waals surface area contributed by atoms with E-state index >= 15 is 0 Å². The molecule has 288 valence electrons. The summed E-state index contributed by atoms with van der Waals surface area (Å²) < 4.78 is 23.8. The van der Waals surface area contributed by atoms with Crippen molar-refractivity contribution in [1.29, 1.82) is 5.26 Å². The Labute approximate surface area is 312 Å². The van der Waals surface area contributed by atoms with Gasteiger partial charge in [0.15, 0.2) is 11.5 Å². The zero-order valence-corrected chi connectivity index (χ0v) is 32.1. The molecule has 2 aromatic heterocycles. The van der Waals surface area contributed by atoms with Crippen LogP contribution in [-0.4, -0.2) is 75.9 Å². The van der Waals surface area contributed by atoms with Crippen LogP contribution in [0.1, 0.15) is 120 Å². The van der Waals surface area contributed by atoms with Gasteiger partial charge in [0.05, 0.1) is 26.1 Å². The normalized spacial score (nSPS) is 18.3. The number of nitrogens with zero attached hydrogens (tertiary/aromatic N) is 4. The lowest BCUT2D eigenvalue weighted by Crippen LogP contribution is -2.40. The third-order valence-electron chi connectivity index (χ3n) is 9.92. The zero-order valence-electron chi connectivity index (χ0n) is 32.1. The zero-order chi connectivity index (χ0) is 38.5. The van der Waals surface area contributed by atoms with E-state index in [1.807, 2.05) is 31.2 Å². The third-order valence-corrected chi connectivity index (χ3v) is 9.92. The number of amides is 1. The van der Waals surface area contributed by atoms with Crippen LogP contribution in [-0.2, 0) is 23.8 Å². The minimum atomic E-state index is -0.943. The molecule has 3 aromatic rings. The minimum absolute atomic E-state index is 0.0802. The summed E-state index contributed by atoms with van der Waals surface area (Å²) in [5.74, 6) is -0.758. The molecule has 0 radical (unpaired) electrons. The Balaban J connectivity index is 1.78. The Morgan fingerprint density at radius 2 is 1.53 bits per heavy atom. The average Bonchev–Trinajstić information content (AvgIpc) is 3.68. The number of aryl methyl sites for hydroxylation is 1. The molecule has 53 heavy (non-hydrogen) atoms. The number of carbonyl (C=O) groups is 4. The van der Waals surface area contributed by atoms with E-state index in [0.29, 0.717) is 11.7 Å². The molecule has 4 rings (SSSR count). The van der Waals surface area contributed by atoms with Gasteiger partial charge in [-0.05, 0) is 69.8 Å². The van der Waals surface area contributed by atoms with Crippen molar-refractivity contribution >= 4 is 29.6 Å². The molecular formula is C40H55N5O8. The second-order valence-corrected chi connectivity index (χ2v) is 13.9. The van der Waals surface area contributed by atoms with Crippen molar-refractivity contribution in [3.8, 4) is 23.3 Å². The van der Waals surface area contributed by atoms with Gasteiger partial charge < -0.3 is 23.8 Å². The number of H-pyrrole nitrogens is 1. The van der Waals surface area contributed by atoms with Crippen LogP contribution in [0.2, 0.25) is 0 Å². The number of unbranched alkanes of at least 4 members (excludes halogenated alkanes) is 2. The Hall–Kier alpha value is -4.86. The summed E-state index contributed by atoms with van der Waals surface area (Å²) in [6.07, 6.45) is 6.30. The van der Waals surface area contributed by atoms with Crippen molar-refractivity contribution in [1.82, 2.24) is 19.5 Å². The van der Waals surface area contributed by atoms with Crippen LogP contribution in [0.3, 0.4) is 0 Å². The number of aromatic nitrogens is 3. The number of rotatable bonds is 18. The molecule has 0 bridgehead atoms. The summed E-state index contributed by atoms with van der Waals surface area (Å²) in [7, 11) is 0. The van der Waals surface area contributed by atoms with Gasteiger partial charge in [0, 0.05) is 18.7 Å². The monoisotopic (exact) mass is 733 g/mol. The van der Waals surface area contributed by atoms with E-state index in [1.165, 1.54) is 9.42 Å². The van der Waals surface area contributed by atoms with Gasteiger partial charge in [0.25, 0.3) is 0 Å². The largest absolute Gasteiger partial charge is 0.466 e. The van der Waals surface area contributed by atoms with Crippen LogP contribution in [0.4, 0.5) is 4.79 Å². The minimum Gasteiger partial charge on any atom is -0.466 e. The van der Waals surface area contributed by atoms with Gasteiger partial charge in [-0.3, -0.25) is 14.7 Å². The smallest absolute Gasteiger partial charge is 0.416 e. The van der Waals surface area contributed by atoms with Crippen molar-refractivity contribution < 1.29 is 38.1 Å². The van der Waals surface area contributed by atoms with Crippen LogP contribution in [0.15, 0.2) is 24.3 Å². The van der Waals surface area contributed by atoms with E-state index in [9.17, 15) is 24.4 Å². The van der Waals surface area contributed by atoms with E-state index in [2.05, 4.69) is 31.9 Å². The second-order valence-electron chi connectivity index (χ2n) is 13.9. The van der Waals surface area contributed by atoms with Gasteiger partial charge in [0.2, 0.25) is 5.88 Å². The third kappa shape index (κ3) is 10.4. The lowest BCUT2D eigenvalue weighted by atomic mass is 9.70. The molecule has 1 fully saturated rings. The first-order chi connectivity index (χ1) is 25.6. The molecule has 13 nitrogen and oxygen atoms in total. The molecule has 2 unspecified atom stereocenters. The van der Waals surface area contributed by atoms with Crippen LogP contribution in [0.5, 0.6) is 5.88 Å². The Kier molecular flexibility index (Phi) is 15.3. The SMILES string of the molecule is CCCCC1CC(C)CC(CCCC)C1OC(=O)c1c(C#N)c(OC(=O)N(CCC(=O)OCC)CCC(=O)OCC)n2[nH]c(-c3ccccc3C)nc12. The van der Waals surface area contributed by atoms with Crippen LogP contribution in [0.25, 0.3) is 17.0 Å². The molecular weight excluding hydrogens is 678 g/mol. The van der Waals surface area contributed by atoms with Crippen molar-refractivity contribution in [2.24, 2.45) is 17.8 Å². The number of hydrogen-bond donors (Lipinski definition) is 1. The molecule has 2 heterocycles. The van der Waals surface area contributed by atoms with E-state index in [4.69, 9.17) is 23.9 Å². The number of benzene rings is 1. The predicted molar refractivity (Wildman–Crippen MR) is 198 cm³/mol. The number of carbonyl (C=O) groups excluding carboxylic acids is 4. The maximum absolute atomic E-state index is 14.5. The highest BCUT2D eigenvalue weighted by atomic mass is 16.6. The van der Waals surface area contributed by atoms with Gasteiger partial charge >= 0.3 is 24.0 Å². The lowest BCUT2D eigenvalue weighted by molar-refractivity contribution is -0.143. The molecule has 1 aliphatic rings. The maximum atomic E-state index is 14.5. The van der Waals surface area contributed by atoms with E-state index < -0.39 is 24.0 Å². The van der Waals surface area contributed by atoms with Gasteiger partial charge in [-0.25, -0.2) is 19.1 Å². The Bertz CT molecular complexity index is 1720. The number of ether oxygens (including phenoxy) is 4. The molecule has 0 saturated heterocycles. The summed E-state index contributed by atoms with van der Waals surface area (Å²) in [6.45, 7) is 11.9. The van der Waals surface area contributed by atoms with Crippen molar-refractivity contribution in [3.05, 3.63) is 41.0 Å². The predicted octanol–water partition coefficient (Wildman–Crippen LogP) is 7.78. The fraction of sp³-hybridized carbons (Fsp3) is 0.600. The van der Waals surface area contributed by atoms with Crippen molar-refractivity contribution in [3.63, 3.8) is 0 Å². The average molecular weight is 734 g/mol. The molecule has 1 saturated carbocycles. The van der Waals surface area contributed by atoms with Gasteiger partial charge in [-0.15, -0.1) is 0 Å². The summed E-state index contributed by atoms with van der Waals surface area (Å²) in [4.78, 5) is 58.7. The summed E-state index contributed by atoms with van der Waals surface area (Å²) in [5, 5.41) is 13.7. The van der Waals surface area contributed by atoms with Gasteiger partial charge in [-0.1, -0.05) is 70.7 Å².